The number of hydrogen-bond acceptors (Lipinski definition) is 5. The second-order valence-corrected chi connectivity index (χ2v) is 5.29. The van der Waals surface area contributed by atoms with Crippen LogP contribution in [0, 0.1) is 0 Å². The van der Waals surface area contributed by atoms with Gasteiger partial charge in [0.05, 0.1) is 17.1 Å². The van der Waals surface area contributed by atoms with E-state index in [9.17, 15) is 0 Å². The van der Waals surface area contributed by atoms with E-state index in [2.05, 4.69) is 25.4 Å². The highest BCUT2D eigenvalue weighted by Crippen LogP contribution is 2.21. The summed E-state index contributed by atoms with van der Waals surface area (Å²) >= 11 is 0. The summed E-state index contributed by atoms with van der Waals surface area (Å²) < 4.78 is 5.29. The fourth-order valence-corrected chi connectivity index (χ4v) is 2.42. The maximum absolute atomic E-state index is 5.29. The van der Waals surface area contributed by atoms with Crippen molar-refractivity contribution in [1.82, 2.24) is 20.1 Å². The maximum atomic E-state index is 5.29. The number of para-hydroxylation sites is 2. The smallest absolute Gasteiger partial charge is 0.264 e. The molecule has 6 nitrogen and oxygen atoms in total. The molecule has 0 radical (unpaired) electrons. The van der Waals surface area contributed by atoms with Gasteiger partial charge in [0, 0.05) is 5.56 Å². The van der Waals surface area contributed by atoms with Crippen molar-refractivity contribution in [2.75, 3.05) is 5.32 Å². The number of rotatable bonds is 4. The third kappa shape index (κ3) is 2.66. The van der Waals surface area contributed by atoms with E-state index in [0.717, 1.165) is 22.4 Å². The van der Waals surface area contributed by atoms with Crippen LogP contribution >= 0.6 is 0 Å². The zero-order valence-corrected chi connectivity index (χ0v) is 12.5. The molecule has 2 aromatic carbocycles. The second kappa shape index (κ2) is 5.57. The van der Waals surface area contributed by atoms with Crippen molar-refractivity contribution in [2.24, 2.45) is 0 Å². The first-order valence-corrected chi connectivity index (χ1v) is 7.40. The quantitative estimate of drug-likeness (QED) is 0.599. The molecule has 1 unspecified atom stereocenters. The molecule has 4 rings (SSSR count). The van der Waals surface area contributed by atoms with Crippen molar-refractivity contribution in [1.29, 1.82) is 0 Å². The number of nitrogens with zero attached hydrogens (tertiary/aromatic N) is 3. The number of fused-ring (bicyclic) bond motifs is 1. The molecule has 0 saturated heterocycles. The van der Waals surface area contributed by atoms with Gasteiger partial charge in [-0.25, -0.2) is 4.98 Å². The minimum atomic E-state index is -0.0661. The zero-order chi connectivity index (χ0) is 15.6. The Morgan fingerprint density at radius 3 is 2.61 bits per heavy atom. The Bertz CT molecular complexity index is 895. The summed E-state index contributed by atoms with van der Waals surface area (Å²) in [5, 5.41) is 7.17. The summed E-state index contributed by atoms with van der Waals surface area (Å²) in [6.45, 7) is 2.00. The Morgan fingerprint density at radius 2 is 1.78 bits per heavy atom. The summed E-state index contributed by atoms with van der Waals surface area (Å²) in [6.07, 6.45) is 0. The summed E-state index contributed by atoms with van der Waals surface area (Å²) in [5.74, 6) is 1.76. The van der Waals surface area contributed by atoms with Crippen molar-refractivity contribution in [2.45, 2.75) is 13.0 Å². The van der Waals surface area contributed by atoms with Crippen LogP contribution in [-0.2, 0) is 0 Å². The van der Waals surface area contributed by atoms with E-state index < -0.39 is 0 Å². The molecule has 0 bridgehead atoms. The molecule has 0 aliphatic carbocycles. The van der Waals surface area contributed by atoms with Gasteiger partial charge in [-0.3, -0.25) is 0 Å². The Hall–Kier alpha value is -3.15. The van der Waals surface area contributed by atoms with Gasteiger partial charge in [-0.2, -0.15) is 4.98 Å². The lowest BCUT2D eigenvalue weighted by atomic mass is 10.2. The van der Waals surface area contributed by atoms with Gasteiger partial charge >= 0.3 is 0 Å². The highest BCUT2D eigenvalue weighted by molar-refractivity contribution is 5.74. The van der Waals surface area contributed by atoms with E-state index in [1.54, 1.807) is 0 Å². The molecular formula is C17H15N5O. The van der Waals surface area contributed by atoms with Crippen molar-refractivity contribution in [3.63, 3.8) is 0 Å². The van der Waals surface area contributed by atoms with Gasteiger partial charge in [0.2, 0.25) is 0 Å². The van der Waals surface area contributed by atoms with Crippen molar-refractivity contribution >= 4 is 17.0 Å². The minimum absolute atomic E-state index is 0.0661. The van der Waals surface area contributed by atoms with Crippen LogP contribution in [0.25, 0.3) is 22.5 Å². The average Bonchev–Trinajstić information content (AvgIpc) is 3.22. The van der Waals surface area contributed by atoms with Crippen LogP contribution in [-0.4, -0.2) is 20.1 Å². The molecule has 0 aliphatic heterocycles. The molecule has 23 heavy (non-hydrogen) atoms. The average molecular weight is 305 g/mol. The molecular weight excluding hydrogens is 290 g/mol. The molecule has 0 spiro atoms. The largest absolute Gasteiger partial charge is 0.342 e. The number of anilines is 1. The molecule has 0 amide bonds. The molecule has 0 aliphatic rings. The van der Waals surface area contributed by atoms with Crippen LogP contribution in [0.15, 0.2) is 59.1 Å². The summed E-state index contributed by atoms with van der Waals surface area (Å²) in [4.78, 5) is 12.2. The zero-order valence-electron chi connectivity index (χ0n) is 12.5. The molecule has 0 fully saturated rings. The number of aromatic amines is 1. The van der Waals surface area contributed by atoms with Crippen molar-refractivity contribution in [3.05, 3.63) is 60.4 Å². The van der Waals surface area contributed by atoms with E-state index in [1.807, 2.05) is 61.5 Å². The van der Waals surface area contributed by atoms with E-state index >= 15 is 0 Å². The number of aromatic nitrogens is 4. The number of imidazole rings is 1. The molecule has 2 heterocycles. The number of benzene rings is 2. The predicted octanol–water partition coefficient (Wildman–Crippen LogP) is 3.79. The lowest BCUT2D eigenvalue weighted by Gasteiger charge is -2.07. The molecule has 6 heteroatoms. The molecule has 114 valence electrons. The van der Waals surface area contributed by atoms with Gasteiger partial charge in [0.1, 0.15) is 5.82 Å². The van der Waals surface area contributed by atoms with Gasteiger partial charge in [0.25, 0.3) is 11.8 Å². The Morgan fingerprint density at radius 1 is 1.00 bits per heavy atom. The van der Waals surface area contributed by atoms with Crippen molar-refractivity contribution in [3.8, 4) is 11.5 Å². The standard InChI is InChI=1S/C17H15N5O/c1-11(15-19-13-9-5-6-10-14(13)20-15)18-17-21-16(23-22-17)12-7-3-2-4-8-12/h2-11H,1H3,(H,18,22)(H,19,20). The maximum Gasteiger partial charge on any atom is 0.264 e. The third-order valence-corrected chi connectivity index (χ3v) is 3.61. The fourth-order valence-electron chi connectivity index (χ4n) is 2.42. The van der Waals surface area contributed by atoms with Crippen LogP contribution < -0.4 is 5.32 Å². The van der Waals surface area contributed by atoms with Gasteiger partial charge in [-0.15, -0.1) is 0 Å². The Kier molecular flexibility index (Phi) is 3.27. The van der Waals surface area contributed by atoms with E-state index in [1.165, 1.54) is 0 Å². The second-order valence-electron chi connectivity index (χ2n) is 5.29. The van der Waals surface area contributed by atoms with Crippen LogP contribution in [0.4, 0.5) is 5.95 Å². The Balaban J connectivity index is 1.54. The Labute approximate surface area is 132 Å². The number of hydrogen-bond donors (Lipinski definition) is 2. The molecule has 1 atom stereocenters. The molecule has 4 aromatic rings. The van der Waals surface area contributed by atoms with Gasteiger partial charge in [-0.1, -0.05) is 30.3 Å². The number of nitrogens with one attached hydrogen (secondary N) is 2. The molecule has 2 aromatic heterocycles. The predicted molar refractivity (Wildman–Crippen MR) is 87.9 cm³/mol. The highest BCUT2D eigenvalue weighted by atomic mass is 16.5. The van der Waals surface area contributed by atoms with E-state index in [4.69, 9.17) is 4.52 Å². The number of H-pyrrole nitrogens is 1. The first-order valence-electron chi connectivity index (χ1n) is 7.40. The van der Waals surface area contributed by atoms with Gasteiger partial charge in [0.15, 0.2) is 0 Å². The fraction of sp³-hybridized carbons (Fsp3) is 0.118. The minimum Gasteiger partial charge on any atom is -0.342 e. The van der Waals surface area contributed by atoms with E-state index in [-0.39, 0.29) is 6.04 Å². The first kappa shape index (κ1) is 13.5. The third-order valence-electron chi connectivity index (χ3n) is 3.61. The van der Waals surface area contributed by atoms with Gasteiger partial charge < -0.3 is 14.8 Å². The normalized spacial score (nSPS) is 12.4. The lowest BCUT2D eigenvalue weighted by Crippen LogP contribution is -2.09. The van der Waals surface area contributed by atoms with Gasteiger partial charge in [-0.05, 0) is 36.3 Å². The van der Waals surface area contributed by atoms with Crippen molar-refractivity contribution < 1.29 is 4.52 Å². The summed E-state index contributed by atoms with van der Waals surface area (Å²) in [7, 11) is 0. The van der Waals surface area contributed by atoms with Crippen LogP contribution in [0.1, 0.15) is 18.8 Å². The van der Waals surface area contributed by atoms with Crippen LogP contribution in [0.3, 0.4) is 0 Å². The first-order chi connectivity index (χ1) is 11.3. The SMILES string of the molecule is CC(Nc1noc(-c2ccccc2)n1)c1nc2ccccc2[nH]1. The molecule has 0 saturated carbocycles. The van der Waals surface area contributed by atoms with Crippen LogP contribution in [0.2, 0.25) is 0 Å². The molecule has 2 N–H and O–H groups in total. The summed E-state index contributed by atoms with van der Waals surface area (Å²) in [5.41, 5.74) is 2.84. The van der Waals surface area contributed by atoms with Crippen LogP contribution in [0.5, 0.6) is 0 Å². The highest BCUT2D eigenvalue weighted by Gasteiger charge is 2.14. The summed E-state index contributed by atoms with van der Waals surface area (Å²) in [6, 6.07) is 17.5. The monoisotopic (exact) mass is 305 g/mol. The topological polar surface area (TPSA) is 79.6 Å². The van der Waals surface area contributed by atoms with E-state index in [0.29, 0.717) is 11.8 Å². The lowest BCUT2D eigenvalue weighted by molar-refractivity contribution is 0.431.